The number of aliphatic imine (C=N–C) groups is 1. The van der Waals surface area contributed by atoms with E-state index in [-0.39, 0.29) is 5.91 Å². The van der Waals surface area contributed by atoms with Gasteiger partial charge in [0.1, 0.15) is 0 Å². The highest BCUT2D eigenvalue weighted by Gasteiger charge is 2.19. The van der Waals surface area contributed by atoms with E-state index in [0.717, 1.165) is 43.7 Å². The lowest BCUT2D eigenvalue weighted by Crippen LogP contribution is -2.37. The number of carbonyl (C=O) groups excluding carboxylic acids is 1. The van der Waals surface area contributed by atoms with E-state index in [0.29, 0.717) is 18.9 Å². The summed E-state index contributed by atoms with van der Waals surface area (Å²) in [6, 6.07) is 8.05. The molecule has 120 valence electrons. The van der Waals surface area contributed by atoms with Crippen molar-refractivity contribution in [3.63, 3.8) is 0 Å². The Labute approximate surface area is 132 Å². The van der Waals surface area contributed by atoms with Gasteiger partial charge in [0, 0.05) is 31.7 Å². The summed E-state index contributed by atoms with van der Waals surface area (Å²) >= 11 is 0. The van der Waals surface area contributed by atoms with E-state index in [4.69, 9.17) is 5.73 Å². The summed E-state index contributed by atoms with van der Waals surface area (Å²) in [4.78, 5) is 20.3. The maximum atomic E-state index is 11.9. The van der Waals surface area contributed by atoms with Gasteiger partial charge in [-0.3, -0.25) is 4.79 Å². The van der Waals surface area contributed by atoms with Crippen LogP contribution in [0.2, 0.25) is 0 Å². The molecule has 5 nitrogen and oxygen atoms in total. The van der Waals surface area contributed by atoms with Gasteiger partial charge < -0.3 is 15.5 Å². The molecule has 1 aromatic carbocycles. The van der Waals surface area contributed by atoms with Crippen molar-refractivity contribution in [3.8, 4) is 0 Å². The van der Waals surface area contributed by atoms with Crippen molar-refractivity contribution in [3.05, 3.63) is 29.8 Å². The first-order chi connectivity index (χ1) is 10.7. The minimum absolute atomic E-state index is 0.225. The molecule has 5 heteroatoms. The number of piperidine rings is 1. The highest BCUT2D eigenvalue weighted by Crippen LogP contribution is 2.21. The fraction of sp³-hybridized carbons (Fsp3) is 0.529. The molecule has 0 spiro atoms. The highest BCUT2D eigenvalue weighted by molar-refractivity contribution is 5.93. The van der Waals surface area contributed by atoms with Crippen LogP contribution >= 0.6 is 0 Å². The van der Waals surface area contributed by atoms with Gasteiger partial charge >= 0.3 is 0 Å². The zero-order chi connectivity index (χ0) is 15.9. The van der Waals surface area contributed by atoms with Crippen LogP contribution in [0.5, 0.6) is 0 Å². The monoisotopic (exact) mass is 302 g/mol. The molecular formula is C17H26N4O. The van der Waals surface area contributed by atoms with Gasteiger partial charge in [0.05, 0.1) is 6.54 Å². The summed E-state index contributed by atoms with van der Waals surface area (Å²) in [6.07, 6.45) is 2.75. The molecule has 0 bridgehead atoms. The normalized spacial score (nSPS) is 16.0. The van der Waals surface area contributed by atoms with Crippen molar-refractivity contribution >= 4 is 17.6 Å². The number of carbonyl (C=O) groups is 1. The van der Waals surface area contributed by atoms with Gasteiger partial charge in [-0.25, -0.2) is 4.99 Å². The fourth-order valence-electron chi connectivity index (χ4n) is 2.68. The highest BCUT2D eigenvalue weighted by atomic mass is 16.2. The minimum Gasteiger partial charge on any atom is -0.370 e. The zero-order valence-corrected chi connectivity index (χ0v) is 13.6. The van der Waals surface area contributed by atoms with Crippen LogP contribution in [0.25, 0.3) is 0 Å². The number of guanidine groups is 1. The lowest BCUT2D eigenvalue weighted by Gasteiger charge is -2.26. The predicted octanol–water partition coefficient (Wildman–Crippen LogP) is 2.36. The third kappa shape index (κ3) is 4.00. The van der Waals surface area contributed by atoms with Crippen molar-refractivity contribution < 1.29 is 4.79 Å². The van der Waals surface area contributed by atoms with Gasteiger partial charge in [0.25, 0.3) is 0 Å². The topological polar surface area (TPSA) is 61.9 Å². The summed E-state index contributed by atoms with van der Waals surface area (Å²) < 4.78 is 0. The maximum absolute atomic E-state index is 11.9. The van der Waals surface area contributed by atoms with E-state index < -0.39 is 0 Å². The molecule has 0 aromatic heterocycles. The number of nitrogens with zero attached hydrogens (tertiary/aromatic N) is 3. The Hall–Kier alpha value is -2.04. The summed E-state index contributed by atoms with van der Waals surface area (Å²) in [5, 5.41) is 0. The molecule has 1 heterocycles. The largest absolute Gasteiger partial charge is 0.370 e. The smallest absolute Gasteiger partial charge is 0.226 e. The van der Waals surface area contributed by atoms with Crippen molar-refractivity contribution in [2.24, 2.45) is 10.7 Å². The Bertz CT molecular complexity index is 520. The average molecular weight is 302 g/mol. The first-order valence-corrected chi connectivity index (χ1v) is 8.09. The van der Waals surface area contributed by atoms with Crippen LogP contribution < -0.4 is 10.6 Å². The molecule has 2 N–H and O–H groups in total. The van der Waals surface area contributed by atoms with Gasteiger partial charge in [-0.1, -0.05) is 12.1 Å². The van der Waals surface area contributed by atoms with Crippen molar-refractivity contribution in [2.75, 3.05) is 24.5 Å². The number of benzene rings is 1. The Balaban J connectivity index is 2.00. The molecule has 0 aliphatic carbocycles. The molecule has 0 unspecified atom stereocenters. The maximum Gasteiger partial charge on any atom is 0.226 e. The Kier molecular flexibility index (Phi) is 5.81. The van der Waals surface area contributed by atoms with E-state index in [1.807, 2.05) is 34.1 Å². The molecule has 2 rings (SSSR count). The Morgan fingerprint density at radius 3 is 2.50 bits per heavy atom. The number of hydrogen-bond acceptors (Lipinski definition) is 2. The van der Waals surface area contributed by atoms with Crippen LogP contribution in [0.4, 0.5) is 5.69 Å². The molecule has 1 aromatic rings. The third-order valence-corrected chi connectivity index (χ3v) is 4.08. The van der Waals surface area contributed by atoms with Crippen LogP contribution in [-0.4, -0.2) is 36.4 Å². The molecule has 0 radical (unpaired) electrons. The van der Waals surface area contributed by atoms with Crippen molar-refractivity contribution in [2.45, 2.75) is 39.7 Å². The lowest BCUT2D eigenvalue weighted by molar-refractivity contribution is -0.119. The molecule has 0 saturated carbocycles. The van der Waals surface area contributed by atoms with Gasteiger partial charge in [-0.05, 0) is 44.4 Å². The molecular weight excluding hydrogens is 276 g/mol. The summed E-state index contributed by atoms with van der Waals surface area (Å²) in [7, 11) is 0. The van der Waals surface area contributed by atoms with Crippen LogP contribution in [0.15, 0.2) is 29.3 Å². The standard InChI is InChI=1S/C17H26N4O/c1-3-20(4-2)17(18)19-13-14-8-10-15(11-9-14)21-12-6-5-7-16(21)22/h8-11H,3-7,12-13H2,1-2H3,(H2,18,19). The van der Waals surface area contributed by atoms with E-state index in [1.54, 1.807) is 0 Å². The second-order valence-corrected chi connectivity index (χ2v) is 5.52. The van der Waals surface area contributed by atoms with Crippen LogP contribution in [-0.2, 0) is 11.3 Å². The Morgan fingerprint density at radius 2 is 1.91 bits per heavy atom. The summed E-state index contributed by atoms with van der Waals surface area (Å²) in [6.45, 7) is 7.25. The van der Waals surface area contributed by atoms with Crippen LogP contribution in [0.1, 0.15) is 38.7 Å². The van der Waals surface area contributed by atoms with Crippen molar-refractivity contribution in [1.82, 2.24) is 4.90 Å². The average Bonchev–Trinajstić information content (AvgIpc) is 2.55. The Morgan fingerprint density at radius 1 is 1.23 bits per heavy atom. The van der Waals surface area contributed by atoms with Gasteiger partial charge in [-0.15, -0.1) is 0 Å². The number of anilines is 1. The van der Waals surface area contributed by atoms with Gasteiger partial charge in [0.15, 0.2) is 5.96 Å². The van der Waals surface area contributed by atoms with Crippen LogP contribution in [0.3, 0.4) is 0 Å². The van der Waals surface area contributed by atoms with Crippen LogP contribution in [0, 0.1) is 0 Å². The van der Waals surface area contributed by atoms with E-state index in [9.17, 15) is 4.79 Å². The molecule has 1 aliphatic rings. The second-order valence-electron chi connectivity index (χ2n) is 5.52. The first-order valence-electron chi connectivity index (χ1n) is 8.09. The first kappa shape index (κ1) is 16.3. The van der Waals surface area contributed by atoms with Gasteiger partial charge in [0.2, 0.25) is 5.91 Å². The number of rotatable bonds is 5. The van der Waals surface area contributed by atoms with E-state index >= 15 is 0 Å². The van der Waals surface area contributed by atoms with E-state index in [2.05, 4.69) is 18.8 Å². The zero-order valence-electron chi connectivity index (χ0n) is 13.6. The number of hydrogen-bond donors (Lipinski definition) is 1. The second kappa shape index (κ2) is 7.82. The van der Waals surface area contributed by atoms with E-state index in [1.165, 1.54) is 0 Å². The molecule has 1 amide bonds. The summed E-state index contributed by atoms with van der Waals surface area (Å²) in [5.41, 5.74) is 8.06. The third-order valence-electron chi connectivity index (χ3n) is 4.08. The predicted molar refractivity (Wildman–Crippen MR) is 90.9 cm³/mol. The molecule has 1 fully saturated rings. The van der Waals surface area contributed by atoms with Gasteiger partial charge in [-0.2, -0.15) is 0 Å². The quantitative estimate of drug-likeness (QED) is 0.671. The molecule has 1 saturated heterocycles. The number of nitrogens with two attached hydrogens (primary N) is 1. The molecule has 0 atom stereocenters. The van der Waals surface area contributed by atoms with Crippen molar-refractivity contribution in [1.29, 1.82) is 0 Å². The number of amides is 1. The SMILES string of the molecule is CCN(CC)C(N)=NCc1ccc(N2CCCCC2=O)cc1. The summed E-state index contributed by atoms with van der Waals surface area (Å²) in [5.74, 6) is 0.808. The molecule has 22 heavy (non-hydrogen) atoms. The minimum atomic E-state index is 0.225. The fourth-order valence-corrected chi connectivity index (χ4v) is 2.68. The molecule has 1 aliphatic heterocycles. The lowest BCUT2D eigenvalue weighted by atomic mass is 10.1.